The SMILES string of the molecule is C=CC(=O)Oc1cc(C(O)(C(F)(F)F)C(F)(F)F)cc(C(O)(C(F)(F)F)C(F)(F)F)c1. The van der Waals surface area contributed by atoms with Crippen molar-refractivity contribution in [2.24, 2.45) is 0 Å². The van der Waals surface area contributed by atoms with Crippen LogP contribution in [0.1, 0.15) is 11.1 Å². The molecule has 0 aliphatic carbocycles. The van der Waals surface area contributed by atoms with Crippen molar-refractivity contribution < 1.29 is 72.4 Å². The third-order valence-corrected chi connectivity index (χ3v) is 3.77. The number of carbonyl (C=O) groups is 1. The van der Waals surface area contributed by atoms with E-state index >= 15 is 0 Å². The van der Waals surface area contributed by atoms with Crippen molar-refractivity contribution >= 4 is 5.97 Å². The fourth-order valence-electron chi connectivity index (χ4n) is 2.21. The van der Waals surface area contributed by atoms with Gasteiger partial charge in [-0.15, -0.1) is 0 Å². The normalized spacial score (nSPS) is 14.4. The van der Waals surface area contributed by atoms with Crippen molar-refractivity contribution in [1.29, 1.82) is 0 Å². The minimum Gasteiger partial charge on any atom is -0.423 e. The highest BCUT2D eigenvalue weighted by Crippen LogP contribution is 2.54. The maximum atomic E-state index is 13.0. The molecule has 4 nitrogen and oxygen atoms in total. The van der Waals surface area contributed by atoms with Crippen molar-refractivity contribution in [3.05, 3.63) is 42.0 Å². The molecule has 0 bridgehead atoms. The minimum atomic E-state index is -6.72. The molecule has 0 aliphatic rings. The summed E-state index contributed by atoms with van der Waals surface area (Å²) in [6.45, 7) is 2.76. The minimum absolute atomic E-state index is 0.214. The second-order valence-electron chi connectivity index (χ2n) is 5.78. The van der Waals surface area contributed by atoms with Gasteiger partial charge in [0.15, 0.2) is 0 Å². The van der Waals surface area contributed by atoms with Gasteiger partial charge in [-0.2, -0.15) is 52.7 Å². The van der Waals surface area contributed by atoms with Crippen molar-refractivity contribution in [3.63, 3.8) is 0 Å². The van der Waals surface area contributed by atoms with Gasteiger partial charge in [-0.05, 0) is 18.2 Å². The number of aliphatic hydroxyl groups is 2. The van der Waals surface area contributed by atoms with E-state index < -0.39 is 77.0 Å². The Labute approximate surface area is 163 Å². The van der Waals surface area contributed by atoms with Gasteiger partial charge < -0.3 is 14.9 Å². The number of halogens is 12. The molecular formula is C15H8F12O4. The first-order valence-electron chi connectivity index (χ1n) is 7.26. The van der Waals surface area contributed by atoms with E-state index in [1.807, 2.05) is 0 Å². The predicted molar refractivity (Wildman–Crippen MR) is 74.3 cm³/mol. The monoisotopic (exact) mass is 480 g/mol. The molecule has 0 atom stereocenters. The summed E-state index contributed by atoms with van der Waals surface area (Å²) >= 11 is 0. The van der Waals surface area contributed by atoms with E-state index in [2.05, 4.69) is 11.3 Å². The summed E-state index contributed by atoms with van der Waals surface area (Å²) in [6.07, 6.45) is -26.7. The molecular weight excluding hydrogens is 472 g/mol. The van der Waals surface area contributed by atoms with Crippen LogP contribution in [0.3, 0.4) is 0 Å². The second kappa shape index (κ2) is 7.58. The molecule has 0 unspecified atom stereocenters. The molecule has 0 amide bonds. The molecule has 1 aromatic carbocycles. The van der Waals surface area contributed by atoms with Crippen LogP contribution in [0.2, 0.25) is 0 Å². The molecule has 0 spiro atoms. The van der Waals surface area contributed by atoms with Gasteiger partial charge >= 0.3 is 30.7 Å². The van der Waals surface area contributed by atoms with E-state index in [1.54, 1.807) is 0 Å². The Balaban J connectivity index is 4.11. The van der Waals surface area contributed by atoms with Crippen LogP contribution in [-0.2, 0) is 16.0 Å². The summed E-state index contributed by atoms with van der Waals surface area (Å²) < 4.78 is 161. The molecule has 31 heavy (non-hydrogen) atoms. The van der Waals surface area contributed by atoms with Gasteiger partial charge in [0.05, 0.1) is 0 Å². The van der Waals surface area contributed by atoms with Crippen molar-refractivity contribution in [1.82, 2.24) is 0 Å². The third kappa shape index (κ3) is 4.44. The van der Waals surface area contributed by atoms with Gasteiger partial charge in [-0.25, -0.2) is 4.79 Å². The molecule has 0 fully saturated rings. The Hall–Kier alpha value is -2.49. The first-order valence-corrected chi connectivity index (χ1v) is 7.26. The first-order chi connectivity index (χ1) is 13.5. The third-order valence-electron chi connectivity index (χ3n) is 3.77. The van der Waals surface area contributed by atoms with E-state index in [0.29, 0.717) is 0 Å². The first kappa shape index (κ1) is 26.5. The van der Waals surface area contributed by atoms with Gasteiger partial charge in [-0.3, -0.25) is 0 Å². The summed E-state index contributed by atoms with van der Waals surface area (Å²) in [5.74, 6) is -3.44. The Morgan fingerprint density at radius 2 is 1.00 bits per heavy atom. The molecule has 1 aromatic rings. The largest absolute Gasteiger partial charge is 0.430 e. The molecule has 0 aromatic heterocycles. The zero-order chi connectivity index (χ0) is 24.8. The van der Waals surface area contributed by atoms with Crippen LogP contribution < -0.4 is 4.74 Å². The highest BCUT2D eigenvalue weighted by Gasteiger charge is 2.74. The number of hydrogen-bond donors (Lipinski definition) is 2. The molecule has 0 radical (unpaired) electrons. The van der Waals surface area contributed by atoms with E-state index in [-0.39, 0.29) is 6.08 Å². The van der Waals surface area contributed by atoms with Gasteiger partial charge in [0.2, 0.25) is 0 Å². The molecule has 0 aliphatic heterocycles. The van der Waals surface area contributed by atoms with Gasteiger partial charge in [0.1, 0.15) is 5.75 Å². The summed E-state index contributed by atoms with van der Waals surface area (Å²) in [5, 5.41) is 18.6. The number of rotatable bonds is 4. The van der Waals surface area contributed by atoms with Crippen molar-refractivity contribution in [2.45, 2.75) is 35.9 Å². The smallest absolute Gasteiger partial charge is 0.423 e. The van der Waals surface area contributed by atoms with Crippen LogP contribution in [0.25, 0.3) is 0 Å². The van der Waals surface area contributed by atoms with Crippen LogP contribution in [0.5, 0.6) is 5.75 Å². The lowest BCUT2D eigenvalue weighted by Gasteiger charge is -2.36. The number of alkyl halides is 12. The zero-order valence-corrected chi connectivity index (χ0v) is 14.3. The van der Waals surface area contributed by atoms with Gasteiger partial charge in [0, 0.05) is 17.2 Å². The topological polar surface area (TPSA) is 66.8 Å². The average Bonchev–Trinajstić information content (AvgIpc) is 2.55. The lowest BCUT2D eigenvalue weighted by molar-refractivity contribution is -0.378. The maximum absolute atomic E-state index is 13.0. The van der Waals surface area contributed by atoms with E-state index in [0.717, 1.165) is 0 Å². The van der Waals surface area contributed by atoms with Crippen LogP contribution in [0, 0.1) is 0 Å². The molecule has 2 N–H and O–H groups in total. The number of benzene rings is 1. The van der Waals surface area contributed by atoms with Crippen molar-refractivity contribution in [3.8, 4) is 5.75 Å². The number of ether oxygens (including phenoxy) is 1. The summed E-state index contributed by atoms with van der Waals surface area (Å²) in [6, 6.07) is -1.95. The van der Waals surface area contributed by atoms with Crippen LogP contribution in [0.15, 0.2) is 30.9 Å². The molecule has 1 rings (SSSR count). The fraction of sp³-hybridized carbons (Fsp3) is 0.400. The average molecular weight is 480 g/mol. The highest BCUT2D eigenvalue weighted by atomic mass is 19.4. The molecule has 176 valence electrons. The standard InChI is InChI=1S/C15H8F12O4/c1-2-9(28)31-8-4-6(10(29,12(16,17)18)13(19,20)21)3-7(5-8)11(30,14(22,23)24)15(25,26)27/h2-5,29-30H,1H2. The Bertz CT molecular complexity index is 763. The van der Waals surface area contributed by atoms with Crippen LogP contribution in [-0.4, -0.2) is 40.9 Å². The van der Waals surface area contributed by atoms with Crippen LogP contribution >= 0.6 is 0 Å². The Morgan fingerprint density at radius 3 is 1.23 bits per heavy atom. The highest BCUT2D eigenvalue weighted by molar-refractivity contribution is 5.83. The number of carbonyl (C=O) groups excluding carboxylic acids is 1. The second-order valence-corrected chi connectivity index (χ2v) is 5.78. The molecule has 0 heterocycles. The number of esters is 1. The maximum Gasteiger partial charge on any atom is 0.430 e. The summed E-state index contributed by atoms with van der Waals surface area (Å²) in [5.41, 5.74) is -17.3. The predicted octanol–water partition coefficient (Wildman–Crippen LogP) is 4.40. The van der Waals surface area contributed by atoms with E-state index in [4.69, 9.17) is 0 Å². The number of hydrogen-bond acceptors (Lipinski definition) is 4. The Kier molecular flexibility index (Phi) is 6.49. The zero-order valence-electron chi connectivity index (χ0n) is 14.3. The lowest BCUT2D eigenvalue weighted by Crippen LogP contribution is -2.55. The summed E-state index contributed by atoms with van der Waals surface area (Å²) in [4.78, 5) is 11.1. The fourth-order valence-corrected chi connectivity index (χ4v) is 2.21. The van der Waals surface area contributed by atoms with Crippen LogP contribution in [0.4, 0.5) is 52.7 Å². The van der Waals surface area contributed by atoms with Gasteiger partial charge in [-0.1, -0.05) is 6.58 Å². The molecule has 0 saturated heterocycles. The van der Waals surface area contributed by atoms with E-state index in [1.165, 1.54) is 0 Å². The Morgan fingerprint density at radius 1 is 0.710 bits per heavy atom. The lowest BCUT2D eigenvalue weighted by atomic mass is 9.85. The van der Waals surface area contributed by atoms with E-state index in [9.17, 15) is 67.7 Å². The van der Waals surface area contributed by atoms with Gasteiger partial charge in [0.25, 0.3) is 11.2 Å². The summed E-state index contributed by atoms with van der Waals surface area (Å²) in [7, 11) is 0. The quantitative estimate of drug-likeness (QED) is 0.290. The van der Waals surface area contributed by atoms with Crippen molar-refractivity contribution in [2.75, 3.05) is 0 Å². The molecule has 16 heteroatoms. The molecule has 0 saturated carbocycles.